The Balaban J connectivity index is 1.40. The summed E-state index contributed by atoms with van der Waals surface area (Å²) < 4.78 is 1.90. The van der Waals surface area contributed by atoms with Crippen molar-refractivity contribution in [1.29, 1.82) is 0 Å². The summed E-state index contributed by atoms with van der Waals surface area (Å²) in [5.74, 6) is 1.54. The van der Waals surface area contributed by atoms with Gasteiger partial charge in [0.25, 0.3) is 0 Å². The van der Waals surface area contributed by atoms with Crippen LogP contribution < -0.4 is 5.32 Å². The Hall–Kier alpha value is -4.07. The molecule has 8 heteroatoms. The Morgan fingerprint density at radius 1 is 1.00 bits per heavy atom. The van der Waals surface area contributed by atoms with Crippen LogP contribution in [0, 0.1) is 13.8 Å². The second kappa shape index (κ2) is 8.22. The second-order valence-corrected chi connectivity index (χ2v) is 7.76. The molecule has 32 heavy (non-hydrogen) atoms. The molecule has 3 heterocycles. The lowest BCUT2D eigenvalue weighted by atomic mass is 9.98. The SMILES string of the molecule is CCc1cc(NCc2ccc(-c3ccccc3-c3nn[nH]n3)cc2)n2nc(C)c(C)c2n1. The van der Waals surface area contributed by atoms with Gasteiger partial charge in [0.05, 0.1) is 5.69 Å². The number of hydrogen-bond acceptors (Lipinski definition) is 6. The Morgan fingerprint density at radius 3 is 2.50 bits per heavy atom. The molecular weight excluding hydrogens is 400 g/mol. The highest BCUT2D eigenvalue weighted by atomic mass is 15.5. The van der Waals surface area contributed by atoms with E-state index in [1.807, 2.05) is 29.6 Å². The Labute approximate surface area is 185 Å². The number of anilines is 1. The third-order valence-corrected chi connectivity index (χ3v) is 5.72. The van der Waals surface area contributed by atoms with Crippen molar-refractivity contribution in [3.05, 3.63) is 77.1 Å². The van der Waals surface area contributed by atoms with E-state index in [-0.39, 0.29) is 0 Å². The molecule has 2 aromatic carbocycles. The van der Waals surface area contributed by atoms with Crippen LogP contribution in [0.5, 0.6) is 0 Å². The van der Waals surface area contributed by atoms with Gasteiger partial charge in [-0.2, -0.15) is 14.8 Å². The molecule has 3 aromatic heterocycles. The normalized spacial score (nSPS) is 11.2. The molecule has 0 radical (unpaired) electrons. The summed E-state index contributed by atoms with van der Waals surface area (Å²) in [6.45, 7) is 6.89. The van der Waals surface area contributed by atoms with Crippen molar-refractivity contribution >= 4 is 11.5 Å². The van der Waals surface area contributed by atoms with E-state index in [0.29, 0.717) is 12.4 Å². The first-order chi connectivity index (χ1) is 15.6. The fourth-order valence-electron chi connectivity index (χ4n) is 3.79. The maximum atomic E-state index is 4.75. The minimum absolute atomic E-state index is 0.588. The van der Waals surface area contributed by atoms with Crippen molar-refractivity contribution in [3.63, 3.8) is 0 Å². The summed E-state index contributed by atoms with van der Waals surface area (Å²) in [6.07, 6.45) is 0.878. The van der Waals surface area contributed by atoms with Gasteiger partial charge in [-0.15, -0.1) is 10.2 Å². The van der Waals surface area contributed by atoms with Crippen LogP contribution >= 0.6 is 0 Å². The topological polar surface area (TPSA) is 96.7 Å². The number of aromatic amines is 1. The van der Waals surface area contributed by atoms with Crippen molar-refractivity contribution in [2.75, 3.05) is 5.32 Å². The van der Waals surface area contributed by atoms with E-state index in [9.17, 15) is 0 Å². The van der Waals surface area contributed by atoms with Crippen LogP contribution in [0.15, 0.2) is 54.6 Å². The highest BCUT2D eigenvalue weighted by molar-refractivity contribution is 5.80. The zero-order valence-electron chi connectivity index (χ0n) is 18.3. The largest absolute Gasteiger partial charge is 0.366 e. The Morgan fingerprint density at radius 2 is 1.78 bits per heavy atom. The van der Waals surface area contributed by atoms with Crippen LogP contribution in [0.2, 0.25) is 0 Å². The first-order valence-corrected chi connectivity index (χ1v) is 10.7. The number of hydrogen-bond donors (Lipinski definition) is 2. The maximum absolute atomic E-state index is 4.75. The van der Waals surface area contributed by atoms with Crippen LogP contribution in [-0.4, -0.2) is 35.2 Å². The number of fused-ring (bicyclic) bond motifs is 1. The molecule has 8 nitrogen and oxygen atoms in total. The number of aryl methyl sites for hydroxylation is 3. The monoisotopic (exact) mass is 424 g/mol. The van der Waals surface area contributed by atoms with Gasteiger partial charge in [0, 0.05) is 29.4 Å². The van der Waals surface area contributed by atoms with Crippen molar-refractivity contribution < 1.29 is 0 Å². The van der Waals surface area contributed by atoms with E-state index in [1.54, 1.807) is 0 Å². The molecule has 0 aliphatic carbocycles. The number of rotatable bonds is 6. The third kappa shape index (κ3) is 3.60. The number of aromatic nitrogens is 7. The van der Waals surface area contributed by atoms with E-state index in [1.165, 1.54) is 5.56 Å². The van der Waals surface area contributed by atoms with Crippen LogP contribution in [-0.2, 0) is 13.0 Å². The molecular formula is C24H24N8. The molecule has 0 saturated carbocycles. The maximum Gasteiger partial charge on any atom is 0.205 e. The minimum Gasteiger partial charge on any atom is -0.366 e. The molecule has 0 fully saturated rings. The van der Waals surface area contributed by atoms with Crippen molar-refractivity contribution in [2.45, 2.75) is 33.7 Å². The van der Waals surface area contributed by atoms with Gasteiger partial charge in [-0.3, -0.25) is 0 Å². The molecule has 160 valence electrons. The average Bonchev–Trinajstić information content (AvgIpc) is 3.47. The van der Waals surface area contributed by atoms with Gasteiger partial charge in [-0.05, 0) is 42.2 Å². The molecule has 2 N–H and O–H groups in total. The summed E-state index contributed by atoms with van der Waals surface area (Å²) in [6, 6.07) is 18.7. The number of H-pyrrole nitrogens is 1. The molecule has 0 saturated heterocycles. The predicted octanol–water partition coefficient (Wildman–Crippen LogP) is 4.37. The fraction of sp³-hybridized carbons (Fsp3) is 0.208. The van der Waals surface area contributed by atoms with E-state index in [0.717, 1.165) is 51.5 Å². The van der Waals surface area contributed by atoms with Gasteiger partial charge >= 0.3 is 0 Å². The van der Waals surface area contributed by atoms with E-state index in [4.69, 9.17) is 4.98 Å². The molecule has 0 bridgehead atoms. The summed E-state index contributed by atoms with van der Waals surface area (Å²) >= 11 is 0. The summed E-state index contributed by atoms with van der Waals surface area (Å²) in [5.41, 5.74) is 8.38. The van der Waals surface area contributed by atoms with Crippen LogP contribution in [0.1, 0.15) is 29.4 Å². The molecule has 5 aromatic rings. The van der Waals surface area contributed by atoms with Gasteiger partial charge in [0.15, 0.2) is 5.65 Å². The summed E-state index contributed by atoms with van der Waals surface area (Å²) in [4.78, 5) is 4.75. The first kappa shape index (κ1) is 19.9. The molecule has 0 amide bonds. The number of tetrazole rings is 1. The molecule has 5 rings (SSSR count). The molecule has 0 unspecified atom stereocenters. The second-order valence-electron chi connectivity index (χ2n) is 7.76. The highest BCUT2D eigenvalue weighted by Gasteiger charge is 2.13. The quantitative estimate of drug-likeness (QED) is 0.420. The standard InChI is InChI=1S/C24H24N8/c1-4-19-13-22(32-24(26-19)15(2)16(3)29-32)25-14-17-9-11-18(12-10-17)20-7-5-6-8-21(20)23-27-30-31-28-23/h5-13,25H,4,14H2,1-3H3,(H,27,28,30,31). The number of benzene rings is 2. The van der Waals surface area contributed by atoms with Crippen molar-refractivity contribution in [2.24, 2.45) is 0 Å². The molecule has 0 atom stereocenters. The molecule has 0 aliphatic heterocycles. The Bertz CT molecular complexity index is 1370. The lowest BCUT2D eigenvalue weighted by Gasteiger charge is -2.11. The molecule has 0 spiro atoms. The lowest BCUT2D eigenvalue weighted by molar-refractivity contribution is 0.881. The highest BCUT2D eigenvalue weighted by Crippen LogP contribution is 2.30. The lowest BCUT2D eigenvalue weighted by Crippen LogP contribution is -2.07. The summed E-state index contributed by atoms with van der Waals surface area (Å²) in [5, 5.41) is 22.7. The van der Waals surface area contributed by atoms with Gasteiger partial charge in [-0.25, -0.2) is 4.98 Å². The first-order valence-electron chi connectivity index (χ1n) is 10.7. The number of nitrogens with zero attached hydrogens (tertiary/aromatic N) is 6. The van der Waals surface area contributed by atoms with Crippen LogP contribution in [0.25, 0.3) is 28.2 Å². The zero-order valence-corrected chi connectivity index (χ0v) is 18.3. The smallest absolute Gasteiger partial charge is 0.205 e. The minimum atomic E-state index is 0.588. The van der Waals surface area contributed by atoms with E-state index >= 15 is 0 Å². The van der Waals surface area contributed by atoms with E-state index in [2.05, 4.69) is 81.3 Å². The predicted molar refractivity (Wildman–Crippen MR) is 124 cm³/mol. The third-order valence-electron chi connectivity index (χ3n) is 5.72. The Kier molecular flexibility index (Phi) is 5.10. The van der Waals surface area contributed by atoms with Crippen molar-refractivity contribution in [3.8, 4) is 22.5 Å². The zero-order chi connectivity index (χ0) is 22.1. The van der Waals surface area contributed by atoms with Gasteiger partial charge in [-0.1, -0.05) is 55.5 Å². The fourth-order valence-corrected chi connectivity index (χ4v) is 3.79. The van der Waals surface area contributed by atoms with Crippen LogP contribution in [0.4, 0.5) is 5.82 Å². The van der Waals surface area contributed by atoms with Crippen molar-refractivity contribution in [1.82, 2.24) is 35.2 Å². The van der Waals surface area contributed by atoms with E-state index < -0.39 is 0 Å². The van der Waals surface area contributed by atoms with Gasteiger partial charge in [0.2, 0.25) is 5.82 Å². The van der Waals surface area contributed by atoms with Gasteiger partial charge < -0.3 is 5.32 Å². The number of nitrogens with one attached hydrogen (secondary N) is 2. The average molecular weight is 425 g/mol. The van der Waals surface area contributed by atoms with Gasteiger partial charge in [0.1, 0.15) is 5.82 Å². The summed E-state index contributed by atoms with van der Waals surface area (Å²) in [7, 11) is 0. The van der Waals surface area contributed by atoms with Crippen LogP contribution in [0.3, 0.4) is 0 Å². The molecule has 0 aliphatic rings.